The number of carboxylic acids is 1. The minimum absolute atomic E-state index is 0.0162. The maximum Gasteiger partial charge on any atom is 0.341 e. The molecule has 0 amide bonds. The van der Waals surface area contributed by atoms with Crippen LogP contribution in [0.4, 0.5) is 0 Å². The molecule has 12 atom stereocenters. The van der Waals surface area contributed by atoms with Crippen LogP contribution < -0.4 is 4.74 Å². The third-order valence-corrected chi connectivity index (χ3v) is 10.3. The Labute approximate surface area is 282 Å². The number of carbonyl (C=O) groups is 1. The van der Waals surface area contributed by atoms with Gasteiger partial charge in [-0.3, -0.25) is 0 Å². The molecule has 48 heavy (non-hydrogen) atoms. The Hall–Kier alpha value is -1.91. The van der Waals surface area contributed by atoms with Gasteiger partial charge in [-0.1, -0.05) is 57.6 Å². The van der Waals surface area contributed by atoms with Crippen LogP contribution in [-0.4, -0.2) is 122 Å². The Morgan fingerprint density at radius 2 is 1.52 bits per heavy atom. The molecule has 2 aliphatic heterocycles. The van der Waals surface area contributed by atoms with Crippen molar-refractivity contribution in [3.8, 4) is 5.75 Å². The van der Waals surface area contributed by atoms with Crippen LogP contribution in [0.2, 0.25) is 0 Å². The minimum Gasteiger partial charge on any atom is -0.482 e. The average molecular weight is 685 g/mol. The molecule has 0 spiro atoms. The second-order valence-electron chi connectivity index (χ2n) is 13.7. The van der Waals surface area contributed by atoms with E-state index >= 15 is 0 Å². The van der Waals surface area contributed by atoms with Gasteiger partial charge in [0.2, 0.25) is 0 Å². The van der Waals surface area contributed by atoms with Crippen LogP contribution in [0.25, 0.3) is 0 Å². The number of aliphatic hydroxyl groups is 7. The van der Waals surface area contributed by atoms with E-state index in [2.05, 4.69) is 13.0 Å². The number of benzene rings is 1. The van der Waals surface area contributed by atoms with Crippen molar-refractivity contribution >= 4 is 5.97 Å². The van der Waals surface area contributed by atoms with E-state index in [0.717, 1.165) is 37.7 Å². The van der Waals surface area contributed by atoms with E-state index in [0.29, 0.717) is 23.5 Å². The first-order valence-electron chi connectivity index (χ1n) is 17.6. The van der Waals surface area contributed by atoms with Gasteiger partial charge in [-0.25, -0.2) is 4.79 Å². The fraction of sp³-hybridized carbons (Fsp3) is 0.800. The summed E-state index contributed by atoms with van der Waals surface area (Å²) in [5, 5.41) is 74.7. The summed E-state index contributed by atoms with van der Waals surface area (Å²) in [6.07, 6.45) is 3.49. The molecule has 13 heteroatoms. The van der Waals surface area contributed by atoms with Gasteiger partial charge >= 0.3 is 5.97 Å². The molecule has 5 rings (SSSR count). The van der Waals surface area contributed by atoms with Crippen molar-refractivity contribution < 1.29 is 64.6 Å². The molecule has 274 valence electrons. The highest BCUT2D eigenvalue weighted by Gasteiger charge is 2.48. The molecule has 0 radical (unpaired) electrons. The molecule has 8 N–H and O–H groups in total. The molecule has 9 unspecified atom stereocenters. The van der Waals surface area contributed by atoms with Gasteiger partial charge in [0.05, 0.1) is 31.5 Å². The van der Waals surface area contributed by atoms with Gasteiger partial charge < -0.3 is 59.8 Å². The van der Waals surface area contributed by atoms with E-state index in [-0.39, 0.29) is 32.2 Å². The fourth-order valence-corrected chi connectivity index (χ4v) is 7.80. The molecule has 0 bridgehead atoms. The third-order valence-electron chi connectivity index (χ3n) is 10.3. The van der Waals surface area contributed by atoms with Gasteiger partial charge in [0.25, 0.3) is 0 Å². The highest BCUT2D eigenvalue weighted by molar-refractivity contribution is 5.68. The molecule has 1 aromatic carbocycles. The predicted molar refractivity (Wildman–Crippen MR) is 172 cm³/mol. The molecule has 1 saturated carbocycles. The van der Waals surface area contributed by atoms with Crippen LogP contribution in [0.15, 0.2) is 18.2 Å². The lowest BCUT2D eigenvalue weighted by Crippen LogP contribution is -2.51. The zero-order chi connectivity index (χ0) is 34.8. The summed E-state index contributed by atoms with van der Waals surface area (Å²) in [6, 6.07) is 5.93. The Morgan fingerprint density at radius 1 is 0.854 bits per heavy atom. The maximum absolute atomic E-state index is 11.1. The number of hydrogen-bond donors (Lipinski definition) is 8. The number of fused-ring (bicyclic) bond motifs is 2. The van der Waals surface area contributed by atoms with Gasteiger partial charge in [-0.15, -0.1) is 0 Å². The smallest absolute Gasteiger partial charge is 0.341 e. The van der Waals surface area contributed by atoms with E-state index in [4.69, 9.17) is 44.5 Å². The molecule has 2 aliphatic carbocycles. The monoisotopic (exact) mass is 684 g/mol. The van der Waals surface area contributed by atoms with Gasteiger partial charge in [0.15, 0.2) is 19.2 Å². The van der Waals surface area contributed by atoms with Crippen molar-refractivity contribution in [1.82, 2.24) is 0 Å². The van der Waals surface area contributed by atoms with Crippen molar-refractivity contribution in [3.05, 3.63) is 29.3 Å². The van der Waals surface area contributed by atoms with E-state index in [1.807, 2.05) is 12.1 Å². The minimum atomic E-state index is -1.12. The Balaban J connectivity index is 0.000000401. The van der Waals surface area contributed by atoms with Crippen molar-refractivity contribution in [1.29, 1.82) is 0 Å². The lowest BCUT2D eigenvalue weighted by molar-refractivity contribution is -0.273. The zero-order valence-corrected chi connectivity index (χ0v) is 27.9. The number of aliphatic carboxylic acids is 1. The summed E-state index contributed by atoms with van der Waals surface area (Å²) >= 11 is 0. The van der Waals surface area contributed by atoms with Gasteiger partial charge in [0.1, 0.15) is 30.2 Å². The largest absolute Gasteiger partial charge is 0.482 e. The van der Waals surface area contributed by atoms with Crippen LogP contribution in [-0.2, 0) is 31.8 Å². The van der Waals surface area contributed by atoms with E-state index < -0.39 is 61.8 Å². The lowest BCUT2D eigenvalue weighted by Gasteiger charge is -2.38. The average Bonchev–Trinajstić information content (AvgIpc) is 3.39. The van der Waals surface area contributed by atoms with Gasteiger partial charge in [-0.05, 0) is 60.6 Å². The Bertz CT molecular complexity index is 1120. The molecular weight excluding hydrogens is 628 g/mol. The highest BCUT2D eigenvalue weighted by Crippen LogP contribution is 2.50. The predicted octanol–water partition coefficient (Wildman–Crippen LogP) is 1.27. The number of rotatable bonds is 14. The molecule has 2 heterocycles. The first-order chi connectivity index (χ1) is 23.1. The number of aliphatic hydroxyl groups excluding tert-OH is 7. The van der Waals surface area contributed by atoms with Gasteiger partial charge in [-0.2, -0.15) is 0 Å². The molecule has 2 saturated heterocycles. The van der Waals surface area contributed by atoms with Crippen LogP contribution in [0, 0.1) is 17.8 Å². The second kappa shape index (κ2) is 18.9. The quantitative estimate of drug-likeness (QED) is 0.130. The normalized spacial score (nSPS) is 36.0. The molecule has 0 aromatic heterocycles. The van der Waals surface area contributed by atoms with Crippen LogP contribution in [0.3, 0.4) is 0 Å². The molecular formula is C35H56O13. The first-order valence-corrected chi connectivity index (χ1v) is 17.6. The van der Waals surface area contributed by atoms with Crippen LogP contribution >= 0.6 is 0 Å². The Morgan fingerprint density at radius 3 is 2.21 bits per heavy atom. The Kier molecular flexibility index (Phi) is 15.3. The topological polar surface area (TPSA) is 216 Å². The van der Waals surface area contributed by atoms with Crippen LogP contribution in [0.5, 0.6) is 5.75 Å². The summed E-state index contributed by atoms with van der Waals surface area (Å²) in [7, 11) is 0. The number of hydrogen-bond acceptors (Lipinski definition) is 12. The number of ether oxygens (including phenoxy) is 4. The van der Waals surface area contributed by atoms with E-state index in [1.54, 1.807) is 0 Å². The molecule has 4 aliphatic rings. The zero-order valence-electron chi connectivity index (χ0n) is 27.9. The second-order valence-corrected chi connectivity index (χ2v) is 13.7. The summed E-state index contributed by atoms with van der Waals surface area (Å²) < 4.78 is 22.7. The maximum atomic E-state index is 11.1. The van der Waals surface area contributed by atoms with Crippen molar-refractivity contribution in [2.75, 3.05) is 19.8 Å². The SMILES string of the molecule is CCCCCCCC[C@@H]1C(OC2CC(O)C(O)C(CO)O2)C[C@H]2Cc3c(cccc3OCC(=O)O)C[C@H]21.OCC1OC(O)CC(O)C1O. The third kappa shape index (κ3) is 10.3. The summed E-state index contributed by atoms with van der Waals surface area (Å²) in [6.45, 7) is 1.10. The molecule has 13 nitrogen and oxygen atoms in total. The molecule has 3 fully saturated rings. The standard InChI is InChI=1S/C29H44O8.C6H12O5/c1-2-3-4-5-6-7-10-20-21-12-18-9-8-11-24(35-17-27(32)33)22(18)13-19(21)14-25(20)36-28-15-23(31)29(34)26(16-30)37-28;7-2-4-6(10)3(8)1-5(9)11-4/h8-9,11,19-21,23,25-26,28-31,34H,2-7,10,12-17H2,1H3,(H,32,33);3-10H,1-2H2/t19-,20+,21-,23?,25?,26?,28?,29?;/m1./s1. The number of unbranched alkanes of at least 4 members (excludes halogenated alkanes) is 5. The van der Waals surface area contributed by atoms with E-state index in [9.17, 15) is 20.1 Å². The first kappa shape index (κ1) is 38.9. The summed E-state index contributed by atoms with van der Waals surface area (Å²) in [4.78, 5) is 11.1. The van der Waals surface area contributed by atoms with E-state index in [1.165, 1.54) is 37.7 Å². The van der Waals surface area contributed by atoms with Gasteiger partial charge in [0, 0.05) is 12.8 Å². The highest BCUT2D eigenvalue weighted by atomic mass is 16.7. The van der Waals surface area contributed by atoms with Crippen LogP contribution in [0.1, 0.15) is 82.3 Å². The summed E-state index contributed by atoms with van der Waals surface area (Å²) in [5.74, 6) is 0.878. The van der Waals surface area contributed by atoms with Crippen molar-refractivity contribution in [2.45, 2.75) is 139 Å². The lowest BCUT2D eigenvalue weighted by atomic mass is 9.73. The number of carboxylic acid groups (broad SMARTS) is 1. The molecule has 1 aromatic rings. The van der Waals surface area contributed by atoms with Crippen molar-refractivity contribution in [2.24, 2.45) is 17.8 Å². The van der Waals surface area contributed by atoms with Crippen molar-refractivity contribution in [3.63, 3.8) is 0 Å². The summed E-state index contributed by atoms with van der Waals surface area (Å²) in [5.41, 5.74) is 2.34. The fourth-order valence-electron chi connectivity index (χ4n) is 7.80.